The molecular formula is C58H40N6. The van der Waals surface area contributed by atoms with E-state index in [9.17, 15) is 0 Å². The minimum absolute atomic E-state index is 0.657. The Morgan fingerprint density at radius 2 is 0.844 bits per heavy atom. The average Bonchev–Trinajstić information content (AvgIpc) is 3.88. The maximum atomic E-state index is 4.88. The maximum Gasteiger partial charge on any atom is 0.163 e. The van der Waals surface area contributed by atoms with Crippen molar-refractivity contribution < 1.29 is 0 Å². The van der Waals surface area contributed by atoms with Gasteiger partial charge in [-0.25, -0.2) is 15.0 Å². The molecule has 12 aromatic rings. The van der Waals surface area contributed by atoms with Gasteiger partial charge in [-0.2, -0.15) is 0 Å². The summed E-state index contributed by atoms with van der Waals surface area (Å²) in [5.41, 5.74) is 14.3. The lowest BCUT2D eigenvalue weighted by Crippen LogP contribution is -2.09. The second-order valence-corrected chi connectivity index (χ2v) is 16.1. The van der Waals surface area contributed by atoms with Crippen molar-refractivity contribution in [2.45, 2.75) is 6.92 Å². The molecule has 0 saturated carbocycles. The molecule has 0 aliphatic heterocycles. The molecule has 0 saturated heterocycles. The predicted octanol–water partition coefficient (Wildman–Crippen LogP) is 14.8. The van der Waals surface area contributed by atoms with Crippen LogP contribution in [0.25, 0.3) is 88.9 Å². The molecule has 0 bridgehead atoms. The Morgan fingerprint density at radius 1 is 0.344 bits per heavy atom. The number of hydrogen-bond acceptors (Lipinski definition) is 4. The number of anilines is 3. The molecule has 0 unspecified atom stereocenters. The number of benzene rings is 9. The molecule has 9 aromatic carbocycles. The number of nitrogens with zero attached hydrogens (tertiary/aromatic N) is 6. The number of rotatable bonds is 8. The maximum absolute atomic E-state index is 4.88. The van der Waals surface area contributed by atoms with Crippen LogP contribution in [0.2, 0.25) is 0 Å². The number of fused-ring (bicyclic) bond motifs is 6. The van der Waals surface area contributed by atoms with Gasteiger partial charge in [0.1, 0.15) is 5.82 Å². The van der Waals surface area contributed by atoms with Gasteiger partial charge in [0, 0.05) is 66.7 Å². The zero-order valence-electron chi connectivity index (χ0n) is 35.0. The van der Waals surface area contributed by atoms with Crippen LogP contribution in [0.3, 0.4) is 0 Å². The Bertz CT molecular complexity index is 3650. The molecule has 6 heteroatoms. The number of para-hydroxylation sites is 5. The van der Waals surface area contributed by atoms with E-state index in [4.69, 9.17) is 9.97 Å². The van der Waals surface area contributed by atoms with E-state index in [1.807, 2.05) is 37.3 Å². The van der Waals surface area contributed by atoms with Crippen LogP contribution in [0.1, 0.15) is 5.82 Å². The third-order valence-corrected chi connectivity index (χ3v) is 12.2. The number of aromatic nitrogens is 5. The molecular weight excluding hydrogens is 781 g/mol. The van der Waals surface area contributed by atoms with Crippen LogP contribution in [0.4, 0.5) is 17.1 Å². The van der Waals surface area contributed by atoms with Crippen LogP contribution in [-0.4, -0.2) is 24.1 Å². The molecule has 302 valence electrons. The van der Waals surface area contributed by atoms with Crippen molar-refractivity contribution in [3.63, 3.8) is 0 Å². The third-order valence-electron chi connectivity index (χ3n) is 12.2. The van der Waals surface area contributed by atoms with Crippen molar-refractivity contribution in [2.24, 2.45) is 0 Å². The summed E-state index contributed by atoms with van der Waals surface area (Å²) in [6.07, 6.45) is 0. The van der Waals surface area contributed by atoms with Crippen molar-refractivity contribution in [1.29, 1.82) is 0 Å². The van der Waals surface area contributed by atoms with E-state index in [2.05, 4.69) is 213 Å². The zero-order chi connectivity index (χ0) is 42.6. The topological polar surface area (TPSA) is 51.8 Å². The van der Waals surface area contributed by atoms with Crippen LogP contribution < -0.4 is 4.90 Å². The molecule has 12 rings (SSSR count). The lowest BCUT2D eigenvalue weighted by atomic mass is 10.0. The van der Waals surface area contributed by atoms with Gasteiger partial charge >= 0.3 is 0 Å². The van der Waals surface area contributed by atoms with E-state index in [0.29, 0.717) is 17.5 Å². The fourth-order valence-corrected chi connectivity index (χ4v) is 9.38. The van der Waals surface area contributed by atoms with E-state index in [0.717, 1.165) is 61.7 Å². The van der Waals surface area contributed by atoms with E-state index in [1.54, 1.807) is 0 Å². The first kappa shape index (κ1) is 37.2. The summed E-state index contributed by atoms with van der Waals surface area (Å²) in [6, 6.07) is 79.8. The van der Waals surface area contributed by atoms with Gasteiger partial charge in [-0.3, -0.25) is 0 Å². The van der Waals surface area contributed by atoms with Gasteiger partial charge in [0.15, 0.2) is 11.6 Å². The quantitative estimate of drug-likeness (QED) is 0.153. The summed E-state index contributed by atoms with van der Waals surface area (Å²) in [5.74, 6) is 2.01. The molecule has 64 heavy (non-hydrogen) atoms. The smallest absolute Gasteiger partial charge is 0.163 e. The minimum atomic E-state index is 0.657. The van der Waals surface area contributed by atoms with Gasteiger partial charge in [-0.05, 0) is 103 Å². The first-order valence-corrected chi connectivity index (χ1v) is 21.6. The van der Waals surface area contributed by atoms with E-state index >= 15 is 0 Å². The molecule has 0 spiro atoms. The fourth-order valence-electron chi connectivity index (χ4n) is 9.38. The highest BCUT2D eigenvalue weighted by Gasteiger charge is 2.20. The van der Waals surface area contributed by atoms with Gasteiger partial charge in [-0.1, -0.05) is 133 Å². The van der Waals surface area contributed by atoms with E-state index in [1.165, 1.54) is 32.6 Å². The lowest BCUT2D eigenvalue weighted by Gasteiger charge is -2.26. The first-order chi connectivity index (χ1) is 31.7. The molecule has 0 fully saturated rings. The number of hydrogen-bond donors (Lipinski definition) is 0. The summed E-state index contributed by atoms with van der Waals surface area (Å²) in [7, 11) is 0. The van der Waals surface area contributed by atoms with E-state index in [-0.39, 0.29) is 0 Å². The summed E-state index contributed by atoms with van der Waals surface area (Å²) in [6.45, 7) is 1.92. The second-order valence-electron chi connectivity index (χ2n) is 16.1. The molecule has 6 nitrogen and oxygen atoms in total. The van der Waals surface area contributed by atoms with Gasteiger partial charge in [-0.15, -0.1) is 0 Å². The largest absolute Gasteiger partial charge is 0.310 e. The van der Waals surface area contributed by atoms with Crippen LogP contribution in [0.15, 0.2) is 224 Å². The Hall–Kier alpha value is -8.61. The van der Waals surface area contributed by atoms with Crippen LogP contribution in [0.5, 0.6) is 0 Å². The van der Waals surface area contributed by atoms with Crippen molar-refractivity contribution >= 4 is 60.7 Å². The Kier molecular flexibility index (Phi) is 8.94. The Labute approximate surface area is 370 Å². The van der Waals surface area contributed by atoms with E-state index < -0.39 is 0 Å². The molecule has 3 aromatic heterocycles. The highest BCUT2D eigenvalue weighted by Crippen LogP contribution is 2.42. The summed E-state index contributed by atoms with van der Waals surface area (Å²) >= 11 is 0. The molecule has 0 aliphatic carbocycles. The standard InChI is InChI=1S/C58H40N6/c1-39-59-57(41-16-5-2-6-17-41)61-58(60-39)42-30-34-46(35-31-42)64-54-27-14-11-22-49(54)51-25-15-24-48(56(51)64)40-28-32-45(33-29-40)62(43-18-7-3-8-19-43)47-36-37-55-52(38-47)50-23-12-13-26-53(50)63(55)44-20-9-4-10-21-44/h2-38H,1H3. The van der Waals surface area contributed by atoms with Gasteiger partial charge < -0.3 is 14.0 Å². The zero-order valence-corrected chi connectivity index (χ0v) is 35.0. The van der Waals surface area contributed by atoms with Crippen LogP contribution in [0, 0.1) is 6.92 Å². The summed E-state index contributed by atoms with van der Waals surface area (Å²) in [4.78, 5) is 16.6. The molecule has 3 heterocycles. The van der Waals surface area contributed by atoms with Gasteiger partial charge in [0.25, 0.3) is 0 Å². The molecule has 0 radical (unpaired) electrons. The van der Waals surface area contributed by atoms with Gasteiger partial charge in [0.05, 0.1) is 22.1 Å². The Balaban J connectivity index is 0.957. The lowest BCUT2D eigenvalue weighted by molar-refractivity contribution is 0.991. The molecule has 0 atom stereocenters. The first-order valence-electron chi connectivity index (χ1n) is 21.6. The summed E-state index contributed by atoms with van der Waals surface area (Å²) < 4.78 is 4.76. The highest BCUT2D eigenvalue weighted by molar-refractivity contribution is 6.14. The summed E-state index contributed by atoms with van der Waals surface area (Å²) in [5, 5.41) is 4.85. The second kappa shape index (κ2) is 15.4. The van der Waals surface area contributed by atoms with Crippen molar-refractivity contribution in [2.75, 3.05) is 4.90 Å². The fraction of sp³-hybridized carbons (Fsp3) is 0.0172. The average molecular weight is 821 g/mol. The predicted molar refractivity (Wildman–Crippen MR) is 264 cm³/mol. The van der Waals surface area contributed by atoms with Crippen molar-refractivity contribution in [3.05, 3.63) is 230 Å². The Morgan fingerprint density at radius 3 is 1.55 bits per heavy atom. The van der Waals surface area contributed by atoms with Crippen molar-refractivity contribution in [3.8, 4) is 45.3 Å². The monoisotopic (exact) mass is 820 g/mol. The number of aryl methyl sites for hydroxylation is 1. The normalized spacial score (nSPS) is 11.5. The minimum Gasteiger partial charge on any atom is -0.310 e. The highest BCUT2D eigenvalue weighted by atomic mass is 15.1. The van der Waals surface area contributed by atoms with Crippen LogP contribution >= 0.6 is 0 Å². The molecule has 0 N–H and O–H groups in total. The third kappa shape index (κ3) is 6.31. The molecule has 0 amide bonds. The van der Waals surface area contributed by atoms with Crippen LogP contribution in [-0.2, 0) is 0 Å². The van der Waals surface area contributed by atoms with Crippen molar-refractivity contribution in [1.82, 2.24) is 24.1 Å². The SMILES string of the molecule is Cc1nc(-c2ccccc2)nc(-c2ccc(-n3c4ccccc4c4cccc(-c5ccc(N(c6ccccc6)c6ccc7c(c6)c6ccccc6n7-c6ccccc6)cc5)c43)cc2)n1. The molecule has 0 aliphatic rings. The van der Waals surface area contributed by atoms with Gasteiger partial charge in [0.2, 0.25) is 0 Å².